The van der Waals surface area contributed by atoms with Gasteiger partial charge in [-0.1, -0.05) is 6.07 Å². The zero-order valence-electron chi connectivity index (χ0n) is 10.1. The van der Waals surface area contributed by atoms with Crippen LogP contribution in [-0.2, 0) is 6.42 Å². The van der Waals surface area contributed by atoms with E-state index in [2.05, 4.69) is 21.5 Å². The van der Waals surface area contributed by atoms with Crippen LogP contribution in [0.4, 0.5) is 0 Å². The van der Waals surface area contributed by atoms with E-state index >= 15 is 0 Å². The Morgan fingerprint density at radius 2 is 2.06 bits per heavy atom. The van der Waals surface area contributed by atoms with E-state index < -0.39 is 0 Å². The molecule has 3 rings (SSSR count). The zero-order chi connectivity index (χ0) is 12.4. The van der Waals surface area contributed by atoms with Gasteiger partial charge in [0.15, 0.2) is 0 Å². The number of hydrazine groups is 1. The third-order valence-electron chi connectivity index (χ3n) is 3.65. The number of nitrogens with zero attached hydrogens (tertiary/aromatic N) is 2. The van der Waals surface area contributed by atoms with Crippen molar-refractivity contribution in [3.05, 3.63) is 59.7 Å². The number of nitrogens with two attached hydrogens (primary N) is 1. The molecular formula is C14H16N4. The van der Waals surface area contributed by atoms with Crippen LogP contribution in [0, 0.1) is 0 Å². The van der Waals surface area contributed by atoms with Gasteiger partial charge in [-0.05, 0) is 42.2 Å². The molecule has 0 radical (unpaired) electrons. The highest BCUT2D eigenvalue weighted by Gasteiger charge is 2.31. The fourth-order valence-corrected chi connectivity index (χ4v) is 2.78. The molecule has 0 saturated heterocycles. The molecule has 2 aromatic heterocycles. The maximum atomic E-state index is 5.74. The molecule has 0 aliphatic heterocycles. The monoisotopic (exact) mass is 240 g/mol. The molecule has 18 heavy (non-hydrogen) atoms. The summed E-state index contributed by atoms with van der Waals surface area (Å²) < 4.78 is 0. The normalized spacial score (nSPS) is 19.5. The summed E-state index contributed by atoms with van der Waals surface area (Å²) in [5.41, 5.74) is 6.62. The summed E-state index contributed by atoms with van der Waals surface area (Å²) in [5.74, 6) is 6.08. The Morgan fingerprint density at radius 1 is 1.22 bits per heavy atom. The number of fused-ring (bicyclic) bond motifs is 1. The van der Waals surface area contributed by atoms with Crippen molar-refractivity contribution in [2.24, 2.45) is 5.84 Å². The average Bonchev–Trinajstić information content (AvgIpc) is 2.85. The number of rotatable bonds is 3. The van der Waals surface area contributed by atoms with Crippen LogP contribution in [0.25, 0.3) is 0 Å². The van der Waals surface area contributed by atoms with Crippen molar-refractivity contribution in [2.75, 3.05) is 0 Å². The molecule has 0 spiro atoms. The van der Waals surface area contributed by atoms with E-state index in [9.17, 15) is 0 Å². The van der Waals surface area contributed by atoms with Crippen molar-refractivity contribution in [1.82, 2.24) is 15.4 Å². The zero-order valence-corrected chi connectivity index (χ0v) is 10.1. The lowest BCUT2D eigenvalue weighted by molar-refractivity contribution is 0.446. The van der Waals surface area contributed by atoms with Gasteiger partial charge in [0, 0.05) is 30.2 Å². The molecule has 1 aliphatic rings. The van der Waals surface area contributed by atoms with Crippen molar-refractivity contribution in [3.63, 3.8) is 0 Å². The number of aryl methyl sites for hydroxylation is 1. The first-order valence-electron chi connectivity index (χ1n) is 6.20. The minimum atomic E-state index is 0.101. The van der Waals surface area contributed by atoms with E-state index in [-0.39, 0.29) is 6.04 Å². The Kier molecular flexibility index (Phi) is 3.04. The predicted molar refractivity (Wildman–Crippen MR) is 69.6 cm³/mol. The second kappa shape index (κ2) is 4.84. The van der Waals surface area contributed by atoms with Crippen molar-refractivity contribution >= 4 is 0 Å². The van der Waals surface area contributed by atoms with Crippen molar-refractivity contribution in [1.29, 1.82) is 0 Å². The summed E-state index contributed by atoms with van der Waals surface area (Å²) in [4.78, 5) is 8.57. The highest BCUT2D eigenvalue weighted by Crippen LogP contribution is 2.39. The van der Waals surface area contributed by atoms with Crippen LogP contribution in [0.5, 0.6) is 0 Å². The van der Waals surface area contributed by atoms with Crippen LogP contribution in [0.15, 0.2) is 42.9 Å². The Hall–Kier alpha value is -1.78. The Balaban J connectivity index is 1.95. The van der Waals surface area contributed by atoms with Crippen molar-refractivity contribution in [2.45, 2.75) is 24.8 Å². The van der Waals surface area contributed by atoms with E-state index in [1.807, 2.05) is 24.4 Å². The second-order valence-electron chi connectivity index (χ2n) is 4.62. The number of hydrogen-bond acceptors (Lipinski definition) is 4. The third-order valence-corrected chi connectivity index (χ3v) is 3.65. The van der Waals surface area contributed by atoms with Gasteiger partial charge in [0.05, 0.1) is 6.04 Å². The van der Waals surface area contributed by atoms with Crippen LogP contribution in [0.1, 0.15) is 35.2 Å². The van der Waals surface area contributed by atoms with Gasteiger partial charge < -0.3 is 0 Å². The topological polar surface area (TPSA) is 63.8 Å². The lowest BCUT2D eigenvalue weighted by Gasteiger charge is -2.23. The minimum absolute atomic E-state index is 0.101. The first kappa shape index (κ1) is 11.3. The molecular weight excluding hydrogens is 224 g/mol. The average molecular weight is 240 g/mol. The minimum Gasteiger partial charge on any atom is -0.271 e. The van der Waals surface area contributed by atoms with Crippen LogP contribution in [0.2, 0.25) is 0 Å². The van der Waals surface area contributed by atoms with E-state index in [0.717, 1.165) is 18.4 Å². The van der Waals surface area contributed by atoms with Crippen LogP contribution in [-0.4, -0.2) is 9.97 Å². The smallest absolute Gasteiger partial charge is 0.0544 e. The molecule has 0 bridgehead atoms. The second-order valence-corrected chi connectivity index (χ2v) is 4.62. The standard InChI is InChI=1S/C14H16N4/c15-18-14(11-5-8-16-9-6-11)12-4-3-10-2-1-7-17-13(10)12/h1-2,5-9,12,14,18H,3-4,15H2. The molecule has 4 nitrogen and oxygen atoms in total. The van der Waals surface area contributed by atoms with Crippen LogP contribution >= 0.6 is 0 Å². The number of pyridine rings is 2. The third kappa shape index (κ3) is 1.89. The maximum Gasteiger partial charge on any atom is 0.0544 e. The lowest BCUT2D eigenvalue weighted by atomic mass is 9.92. The van der Waals surface area contributed by atoms with E-state index in [4.69, 9.17) is 5.84 Å². The summed E-state index contributed by atoms with van der Waals surface area (Å²) >= 11 is 0. The molecule has 0 fully saturated rings. The van der Waals surface area contributed by atoms with Crippen molar-refractivity contribution < 1.29 is 0 Å². The SMILES string of the molecule is NNC(c1ccncc1)C1CCc2cccnc21. The van der Waals surface area contributed by atoms with Gasteiger partial charge in [-0.15, -0.1) is 0 Å². The Labute approximate surface area is 106 Å². The summed E-state index contributed by atoms with van der Waals surface area (Å²) in [6, 6.07) is 8.27. The highest BCUT2D eigenvalue weighted by atomic mass is 15.2. The number of nitrogens with one attached hydrogen (secondary N) is 1. The van der Waals surface area contributed by atoms with Gasteiger partial charge in [0.2, 0.25) is 0 Å². The van der Waals surface area contributed by atoms with E-state index in [0.29, 0.717) is 5.92 Å². The quantitative estimate of drug-likeness (QED) is 0.633. The number of hydrogen-bond donors (Lipinski definition) is 2. The van der Waals surface area contributed by atoms with Crippen molar-refractivity contribution in [3.8, 4) is 0 Å². The molecule has 2 atom stereocenters. The molecule has 0 amide bonds. The molecule has 3 N–H and O–H groups in total. The molecule has 0 aromatic carbocycles. The van der Waals surface area contributed by atoms with Gasteiger partial charge in [-0.2, -0.15) is 0 Å². The van der Waals surface area contributed by atoms with Gasteiger partial charge >= 0.3 is 0 Å². The molecule has 2 heterocycles. The van der Waals surface area contributed by atoms with Gasteiger partial charge in [-0.3, -0.25) is 21.2 Å². The Morgan fingerprint density at radius 3 is 2.83 bits per heavy atom. The van der Waals surface area contributed by atoms with Gasteiger partial charge in [-0.25, -0.2) is 0 Å². The first-order chi connectivity index (χ1) is 8.90. The molecule has 2 aromatic rings. The fraction of sp³-hybridized carbons (Fsp3) is 0.286. The summed E-state index contributed by atoms with van der Waals surface area (Å²) in [7, 11) is 0. The summed E-state index contributed by atoms with van der Waals surface area (Å²) in [5, 5.41) is 0. The Bertz CT molecular complexity index is 526. The largest absolute Gasteiger partial charge is 0.271 e. The number of aromatic nitrogens is 2. The van der Waals surface area contributed by atoms with Crippen LogP contribution in [0.3, 0.4) is 0 Å². The maximum absolute atomic E-state index is 5.74. The molecule has 1 aliphatic carbocycles. The molecule has 0 saturated carbocycles. The summed E-state index contributed by atoms with van der Waals surface area (Å²) in [6.07, 6.45) is 7.62. The molecule has 4 heteroatoms. The molecule has 92 valence electrons. The van der Waals surface area contributed by atoms with Crippen LogP contribution < -0.4 is 11.3 Å². The van der Waals surface area contributed by atoms with E-state index in [1.54, 1.807) is 12.4 Å². The molecule has 2 unspecified atom stereocenters. The highest BCUT2D eigenvalue weighted by molar-refractivity contribution is 5.32. The van der Waals surface area contributed by atoms with E-state index in [1.165, 1.54) is 11.3 Å². The lowest BCUT2D eigenvalue weighted by Crippen LogP contribution is -2.32. The summed E-state index contributed by atoms with van der Waals surface area (Å²) in [6.45, 7) is 0. The fourth-order valence-electron chi connectivity index (χ4n) is 2.78. The van der Waals surface area contributed by atoms with Gasteiger partial charge in [0.25, 0.3) is 0 Å². The predicted octanol–water partition coefficient (Wildman–Crippen LogP) is 1.71. The van der Waals surface area contributed by atoms with Gasteiger partial charge in [0.1, 0.15) is 0 Å². The first-order valence-corrected chi connectivity index (χ1v) is 6.20.